The molecule has 0 bridgehead atoms. The summed E-state index contributed by atoms with van der Waals surface area (Å²) in [5.74, 6) is -0.0176. The molecule has 0 fully saturated rings. The maximum Gasteiger partial charge on any atom is 0.179 e. The van der Waals surface area contributed by atoms with E-state index in [9.17, 15) is 8.76 Å². The van der Waals surface area contributed by atoms with Gasteiger partial charge in [-0.15, -0.1) is 0 Å². The second-order valence-corrected chi connectivity index (χ2v) is 7.79. The van der Waals surface area contributed by atoms with E-state index in [0.717, 1.165) is 22.5 Å². The van der Waals surface area contributed by atoms with Crippen molar-refractivity contribution in [2.45, 2.75) is 39.5 Å². The van der Waals surface area contributed by atoms with Crippen molar-refractivity contribution in [1.29, 1.82) is 0 Å². The molecule has 0 heterocycles. The van der Waals surface area contributed by atoms with Gasteiger partial charge in [0.15, 0.2) is 11.1 Å². The Morgan fingerprint density at radius 1 is 0.913 bits per heavy atom. The highest BCUT2D eigenvalue weighted by Crippen LogP contribution is 2.39. The third-order valence-electron chi connectivity index (χ3n) is 4.45. The Morgan fingerprint density at radius 2 is 1.26 bits per heavy atom. The molecule has 2 unspecified atom stereocenters. The van der Waals surface area contributed by atoms with Crippen molar-refractivity contribution in [3.63, 3.8) is 0 Å². The molecule has 0 saturated heterocycles. The van der Waals surface area contributed by atoms with Gasteiger partial charge in [-0.3, -0.25) is 0 Å². The van der Waals surface area contributed by atoms with E-state index in [4.69, 9.17) is 0 Å². The molecule has 0 radical (unpaired) electrons. The third-order valence-corrected chi connectivity index (χ3v) is 5.81. The van der Waals surface area contributed by atoms with E-state index in [1.54, 1.807) is 0 Å². The number of hydrogen-bond acceptors (Lipinski definition) is 2. The highest BCUT2D eigenvalue weighted by molar-refractivity contribution is 7.80. The standard InChI is InChI=1S/C19H25NO2S/c1-14(2)19(5,23(21)22)20(17-10-6-15(3)7-11-17)18-12-8-16(4)9-13-18/h6-14H,1-5H3,(H,21,22). The minimum Gasteiger partial charge on any atom is -0.321 e. The van der Waals surface area contributed by atoms with Crippen molar-refractivity contribution in [1.82, 2.24) is 0 Å². The molecule has 23 heavy (non-hydrogen) atoms. The van der Waals surface area contributed by atoms with Crippen LogP contribution in [0.1, 0.15) is 31.9 Å². The first-order valence-electron chi connectivity index (χ1n) is 7.81. The Labute approximate surface area is 141 Å². The molecule has 124 valence electrons. The minimum atomic E-state index is -2.01. The molecule has 0 aromatic heterocycles. The molecule has 0 amide bonds. The van der Waals surface area contributed by atoms with Crippen LogP contribution in [0.4, 0.5) is 11.4 Å². The first-order valence-corrected chi connectivity index (χ1v) is 8.92. The second kappa shape index (κ2) is 6.85. The van der Waals surface area contributed by atoms with Gasteiger partial charge in [-0.25, -0.2) is 4.21 Å². The van der Waals surface area contributed by atoms with E-state index in [0.29, 0.717) is 0 Å². The number of anilines is 2. The molecule has 0 aliphatic rings. The second-order valence-electron chi connectivity index (χ2n) is 6.47. The summed E-state index contributed by atoms with van der Waals surface area (Å²) in [5, 5.41) is 0. The van der Waals surface area contributed by atoms with Gasteiger partial charge in [-0.05, 0) is 51.0 Å². The lowest BCUT2D eigenvalue weighted by atomic mass is 10.0. The SMILES string of the molecule is Cc1ccc(N(c2ccc(C)cc2)C(C)(C(C)C)S(=O)O)cc1. The van der Waals surface area contributed by atoms with Crippen LogP contribution in [-0.4, -0.2) is 13.6 Å². The summed E-state index contributed by atoms with van der Waals surface area (Å²) >= 11 is -2.01. The van der Waals surface area contributed by atoms with Crippen LogP contribution in [0, 0.1) is 19.8 Å². The Bertz CT molecular complexity index is 634. The smallest absolute Gasteiger partial charge is 0.179 e. The van der Waals surface area contributed by atoms with E-state index in [2.05, 4.69) is 0 Å². The van der Waals surface area contributed by atoms with Gasteiger partial charge in [-0.1, -0.05) is 49.2 Å². The predicted octanol–water partition coefficient (Wildman–Crippen LogP) is 5.04. The summed E-state index contributed by atoms with van der Waals surface area (Å²) in [4.78, 5) is 1.05. The maximum absolute atomic E-state index is 12.3. The van der Waals surface area contributed by atoms with Crippen LogP contribution in [0.15, 0.2) is 48.5 Å². The van der Waals surface area contributed by atoms with Crippen LogP contribution in [0.5, 0.6) is 0 Å². The quantitative estimate of drug-likeness (QED) is 0.781. The highest BCUT2D eigenvalue weighted by Gasteiger charge is 2.42. The van der Waals surface area contributed by atoms with Crippen molar-refractivity contribution >= 4 is 22.5 Å². The van der Waals surface area contributed by atoms with Gasteiger partial charge in [-0.2, -0.15) is 0 Å². The van der Waals surface area contributed by atoms with Crippen molar-refractivity contribution < 1.29 is 8.76 Å². The Kier molecular flexibility index (Phi) is 5.27. The largest absolute Gasteiger partial charge is 0.321 e. The Balaban J connectivity index is 2.66. The van der Waals surface area contributed by atoms with E-state index in [1.807, 2.05) is 88.0 Å². The topological polar surface area (TPSA) is 40.5 Å². The van der Waals surface area contributed by atoms with Gasteiger partial charge in [0.1, 0.15) is 4.87 Å². The zero-order valence-corrected chi connectivity index (χ0v) is 15.2. The number of rotatable bonds is 5. The number of hydrogen-bond donors (Lipinski definition) is 1. The average Bonchev–Trinajstić information content (AvgIpc) is 2.50. The normalized spacial score (nSPS) is 15.3. The number of nitrogens with zero attached hydrogens (tertiary/aromatic N) is 1. The van der Waals surface area contributed by atoms with Crippen molar-refractivity contribution in [2.75, 3.05) is 4.90 Å². The Hall–Kier alpha value is -1.65. The summed E-state index contributed by atoms with van der Waals surface area (Å²) < 4.78 is 22.3. The molecule has 0 saturated carbocycles. The first-order chi connectivity index (χ1) is 10.8. The fourth-order valence-corrected chi connectivity index (χ4v) is 3.36. The van der Waals surface area contributed by atoms with E-state index in [-0.39, 0.29) is 5.92 Å². The summed E-state index contributed by atoms with van der Waals surface area (Å²) in [7, 11) is 0. The van der Waals surface area contributed by atoms with Crippen LogP contribution in [0.2, 0.25) is 0 Å². The van der Waals surface area contributed by atoms with Gasteiger partial charge < -0.3 is 9.45 Å². The van der Waals surface area contributed by atoms with Gasteiger partial charge in [0, 0.05) is 11.4 Å². The number of benzene rings is 2. The monoisotopic (exact) mass is 331 g/mol. The van der Waals surface area contributed by atoms with Crippen LogP contribution in [-0.2, 0) is 11.1 Å². The third kappa shape index (κ3) is 3.48. The molecule has 2 aromatic carbocycles. The van der Waals surface area contributed by atoms with Gasteiger partial charge in [0.2, 0.25) is 0 Å². The summed E-state index contributed by atoms with van der Waals surface area (Å²) in [6, 6.07) is 16.1. The molecule has 2 aromatic rings. The minimum absolute atomic E-state index is 0.0176. The zero-order valence-electron chi connectivity index (χ0n) is 14.4. The molecule has 1 N–H and O–H groups in total. The fraction of sp³-hybridized carbons (Fsp3) is 0.368. The van der Waals surface area contributed by atoms with Gasteiger partial charge >= 0.3 is 0 Å². The molecular formula is C19H25NO2S. The van der Waals surface area contributed by atoms with Gasteiger partial charge in [0.25, 0.3) is 0 Å². The van der Waals surface area contributed by atoms with Gasteiger partial charge in [0.05, 0.1) is 0 Å². The molecule has 0 aliphatic heterocycles. The lowest BCUT2D eigenvalue weighted by Crippen LogP contribution is -2.51. The van der Waals surface area contributed by atoms with E-state index >= 15 is 0 Å². The summed E-state index contributed by atoms with van der Waals surface area (Å²) in [6.45, 7) is 9.86. The predicted molar refractivity (Wildman–Crippen MR) is 98.5 cm³/mol. The van der Waals surface area contributed by atoms with Crippen molar-refractivity contribution in [3.05, 3.63) is 59.7 Å². The van der Waals surface area contributed by atoms with Crippen LogP contribution >= 0.6 is 0 Å². The van der Waals surface area contributed by atoms with Crippen LogP contribution in [0.25, 0.3) is 0 Å². The van der Waals surface area contributed by atoms with E-state index < -0.39 is 16.0 Å². The zero-order chi connectivity index (χ0) is 17.2. The number of aryl methyl sites for hydroxylation is 2. The van der Waals surface area contributed by atoms with Crippen molar-refractivity contribution in [3.8, 4) is 0 Å². The molecule has 2 rings (SSSR count). The first kappa shape index (κ1) is 17.7. The molecule has 2 atom stereocenters. The fourth-order valence-electron chi connectivity index (χ4n) is 2.59. The molecule has 0 spiro atoms. The molecule has 3 nitrogen and oxygen atoms in total. The molecule has 4 heteroatoms. The highest BCUT2D eigenvalue weighted by atomic mass is 32.2. The Morgan fingerprint density at radius 3 is 1.52 bits per heavy atom. The molecular weight excluding hydrogens is 306 g/mol. The lowest BCUT2D eigenvalue weighted by molar-refractivity contribution is 0.418. The van der Waals surface area contributed by atoms with Crippen molar-refractivity contribution in [2.24, 2.45) is 5.92 Å². The van der Waals surface area contributed by atoms with E-state index in [1.165, 1.54) is 0 Å². The van der Waals surface area contributed by atoms with Crippen LogP contribution < -0.4 is 4.90 Å². The van der Waals surface area contributed by atoms with Crippen LogP contribution in [0.3, 0.4) is 0 Å². The summed E-state index contributed by atoms with van der Waals surface area (Å²) in [5.41, 5.74) is 4.15. The lowest BCUT2D eigenvalue weighted by Gasteiger charge is -2.43. The summed E-state index contributed by atoms with van der Waals surface area (Å²) in [6.07, 6.45) is 0. The molecule has 0 aliphatic carbocycles. The maximum atomic E-state index is 12.3. The average molecular weight is 331 g/mol.